The maximum Gasteiger partial charge on any atom is 0.495 e. The first-order valence-electron chi connectivity index (χ1n) is 7.53. The van der Waals surface area contributed by atoms with Crippen molar-refractivity contribution in [1.29, 1.82) is 0 Å². The van der Waals surface area contributed by atoms with E-state index in [2.05, 4.69) is 0 Å². The molecule has 0 aromatic heterocycles. The van der Waals surface area contributed by atoms with Gasteiger partial charge < -0.3 is 23.9 Å². The lowest BCUT2D eigenvalue weighted by Gasteiger charge is -2.16. The molecular weight excluding hydrogens is 295 g/mol. The first-order valence-corrected chi connectivity index (χ1v) is 7.53. The average molecular weight is 314 g/mol. The Morgan fingerprint density at radius 2 is 1.91 bits per heavy atom. The Bertz CT molecular complexity index is 647. The first-order chi connectivity index (χ1) is 11.3. The molecule has 1 aliphatic rings. The van der Waals surface area contributed by atoms with E-state index in [-0.39, 0.29) is 0 Å². The minimum Gasteiger partial charge on any atom is -0.488 e. The molecule has 1 N–H and O–H groups in total. The van der Waals surface area contributed by atoms with E-state index >= 15 is 0 Å². The normalized spacial score (nSPS) is 13.0. The highest BCUT2D eigenvalue weighted by Crippen LogP contribution is 2.30. The Morgan fingerprint density at radius 1 is 1.09 bits per heavy atom. The van der Waals surface area contributed by atoms with Crippen LogP contribution >= 0.6 is 0 Å². The predicted octanol–water partition coefficient (Wildman–Crippen LogP) is 1.51. The minimum absolute atomic E-state index is 0.371. The first kappa shape index (κ1) is 15.9. The smallest absolute Gasteiger partial charge is 0.488 e. The Morgan fingerprint density at radius 3 is 2.70 bits per heavy atom. The quantitative estimate of drug-likeness (QED) is 0.620. The molecule has 0 fully saturated rings. The molecule has 23 heavy (non-hydrogen) atoms. The van der Waals surface area contributed by atoms with E-state index in [1.165, 1.54) is 0 Å². The average Bonchev–Trinajstić information content (AvgIpc) is 2.96. The van der Waals surface area contributed by atoms with Crippen LogP contribution in [0.1, 0.15) is 11.1 Å². The Labute approximate surface area is 135 Å². The summed E-state index contributed by atoms with van der Waals surface area (Å²) in [7, 11) is 0.631. The summed E-state index contributed by atoms with van der Waals surface area (Å²) >= 11 is 0. The van der Waals surface area contributed by atoms with E-state index in [1.807, 2.05) is 42.5 Å². The molecule has 1 aliphatic heterocycles. The zero-order valence-electron chi connectivity index (χ0n) is 13.0. The number of rotatable bonds is 7. The van der Waals surface area contributed by atoms with Crippen molar-refractivity contribution in [2.45, 2.75) is 13.2 Å². The molecule has 3 rings (SSSR count). The van der Waals surface area contributed by atoms with E-state index < -0.39 is 7.12 Å². The van der Waals surface area contributed by atoms with Crippen LogP contribution in [0.3, 0.4) is 0 Å². The third kappa shape index (κ3) is 3.67. The molecular formula is C17H19BO5. The molecule has 6 heteroatoms. The lowest BCUT2D eigenvalue weighted by Crippen LogP contribution is -2.30. The molecule has 5 nitrogen and oxygen atoms in total. The maximum atomic E-state index is 10.0. The summed E-state index contributed by atoms with van der Waals surface area (Å²) in [6, 6.07) is 13.6. The molecule has 0 saturated carbocycles. The van der Waals surface area contributed by atoms with Crippen molar-refractivity contribution in [2.24, 2.45) is 0 Å². The summed E-state index contributed by atoms with van der Waals surface area (Å²) in [6.07, 6.45) is 0. The molecule has 1 heterocycles. The Kier molecular flexibility index (Phi) is 5.18. The highest BCUT2D eigenvalue weighted by Gasteiger charge is 2.33. The number of fused-ring (bicyclic) bond motifs is 1. The van der Waals surface area contributed by atoms with Crippen molar-refractivity contribution in [3.8, 4) is 11.5 Å². The van der Waals surface area contributed by atoms with Crippen molar-refractivity contribution in [3.05, 3.63) is 53.6 Å². The van der Waals surface area contributed by atoms with Crippen LogP contribution in [0.15, 0.2) is 42.5 Å². The third-order valence-electron chi connectivity index (χ3n) is 3.66. The van der Waals surface area contributed by atoms with E-state index in [9.17, 15) is 5.02 Å². The van der Waals surface area contributed by atoms with Gasteiger partial charge in [-0.25, -0.2) is 0 Å². The molecule has 0 amide bonds. The van der Waals surface area contributed by atoms with Gasteiger partial charge in [-0.1, -0.05) is 36.4 Å². The second-order valence-corrected chi connectivity index (χ2v) is 5.24. The van der Waals surface area contributed by atoms with Gasteiger partial charge in [0.25, 0.3) is 0 Å². The van der Waals surface area contributed by atoms with Crippen LogP contribution in [0.25, 0.3) is 0 Å². The van der Waals surface area contributed by atoms with Crippen molar-refractivity contribution < 1.29 is 23.9 Å². The van der Waals surface area contributed by atoms with Gasteiger partial charge in [-0.2, -0.15) is 0 Å². The van der Waals surface area contributed by atoms with Crippen LogP contribution in [-0.2, 0) is 22.6 Å². The fourth-order valence-corrected chi connectivity index (χ4v) is 2.49. The number of ether oxygens (including phenoxy) is 3. The van der Waals surface area contributed by atoms with Gasteiger partial charge in [0.05, 0.1) is 13.2 Å². The van der Waals surface area contributed by atoms with Gasteiger partial charge in [-0.3, -0.25) is 0 Å². The third-order valence-corrected chi connectivity index (χ3v) is 3.66. The summed E-state index contributed by atoms with van der Waals surface area (Å²) in [5.74, 6) is 1.12. The zero-order chi connectivity index (χ0) is 16.1. The van der Waals surface area contributed by atoms with E-state index in [0.29, 0.717) is 43.4 Å². The topological polar surface area (TPSA) is 57.2 Å². The molecule has 0 unspecified atom stereocenters. The summed E-state index contributed by atoms with van der Waals surface area (Å²) in [5, 5.41) is 10.0. The molecule has 0 bridgehead atoms. The Balaban J connectivity index is 1.82. The molecule has 2 aromatic rings. The van der Waals surface area contributed by atoms with Gasteiger partial charge in [0.2, 0.25) is 0 Å². The molecule has 0 atom stereocenters. The van der Waals surface area contributed by atoms with Gasteiger partial charge in [-0.15, -0.1) is 0 Å². The minimum atomic E-state index is -0.983. The van der Waals surface area contributed by atoms with Crippen molar-refractivity contribution in [3.63, 3.8) is 0 Å². The standard InChI is InChI=1S/C17H19BO5/c1-20-9-10-21-17-15(22-11-13-5-3-2-4-6-13)8-7-14-12-23-18(19)16(14)17/h2-8,19H,9-12H2,1H3. The zero-order valence-corrected chi connectivity index (χ0v) is 13.0. The number of hydrogen-bond donors (Lipinski definition) is 1. The molecule has 0 saturated heterocycles. The lowest BCUT2D eigenvalue weighted by atomic mass is 9.78. The van der Waals surface area contributed by atoms with Crippen LogP contribution < -0.4 is 14.9 Å². The van der Waals surface area contributed by atoms with Crippen molar-refractivity contribution >= 4 is 12.6 Å². The highest BCUT2D eigenvalue weighted by atomic mass is 16.5. The lowest BCUT2D eigenvalue weighted by molar-refractivity contribution is 0.143. The number of hydrogen-bond acceptors (Lipinski definition) is 5. The largest absolute Gasteiger partial charge is 0.495 e. The Hall–Kier alpha value is -2.02. The van der Waals surface area contributed by atoms with Crippen molar-refractivity contribution in [2.75, 3.05) is 20.3 Å². The van der Waals surface area contributed by atoms with Crippen LogP contribution in [-0.4, -0.2) is 32.5 Å². The fourth-order valence-electron chi connectivity index (χ4n) is 2.49. The van der Waals surface area contributed by atoms with E-state index in [0.717, 1.165) is 11.1 Å². The van der Waals surface area contributed by atoms with Crippen LogP contribution in [0.5, 0.6) is 11.5 Å². The molecule has 0 aliphatic carbocycles. The van der Waals surface area contributed by atoms with Crippen LogP contribution in [0, 0.1) is 0 Å². The van der Waals surface area contributed by atoms with Crippen LogP contribution in [0.2, 0.25) is 0 Å². The number of benzene rings is 2. The molecule has 0 radical (unpaired) electrons. The van der Waals surface area contributed by atoms with Crippen LogP contribution in [0.4, 0.5) is 0 Å². The highest BCUT2D eigenvalue weighted by molar-refractivity contribution is 6.62. The summed E-state index contributed by atoms with van der Waals surface area (Å²) in [4.78, 5) is 0. The van der Waals surface area contributed by atoms with Gasteiger partial charge in [0.15, 0.2) is 11.5 Å². The SMILES string of the molecule is COCCOc1c(OCc2ccccc2)ccc2c1B(O)OC2. The van der Waals surface area contributed by atoms with E-state index in [4.69, 9.17) is 18.9 Å². The maximum absolute atomic E-state index is 10.0. The second kappa shape index (κ2) is 7.50. The number of methoxy groups -OCH3 is 1. The molecule has 120 valence electrons. The fraction of sp³-hybridized carbons (Fsp3) is 0.294. The predicted molar refractivity (Wildman–Crippen MR) is 87.0 cm³/mol. The van der Waals surface area contributed by atoms with Gasteiger partial charge >= 0.3 is 7.12 Å². The molecule has 2 aromatic carbocycles. The summed E-state index contributed by atoms with van der Waals surface area (Å²) in [6.45, 7) is 1.63. The van der Waals surface area contributed by atoms with Gasteiger partial charge in [0.1, 0.15) is 13.2 Å². The van der Waals surface area contributed by atoms with Gasteiger partial charge in [-0.05, 0) is 17.2 Å². The van der Waals surface area contributed by atoms with Crippen molar-refractivity contribution in [1.82, 2.24) is 0 Å². The summed E-state index contributed by atoms with van der Waals surface area (Å²) < 4.78 is 22.0. The van der Waals surface area contributed by atoms with Gasteiger partial charge in [0, 0.05) is 12.6 Å². The summed E-state index contributed by atoms with van der Waals surface area (Å²) in [5.41, 5.74) is 2.62. The van der Waals surface area contributed by atoms with E-state index in [1.54, 1.807) is 7.11 Å². The molecule has 0 spiro atoms. The monoisotopic (exact) mass is 314 g/mol. The second-order valence-electron chi connectivity index (χ2n) is 5.24.